The molecule has 0 aromatic carbocycles. The number of aromatic nitrogens is 3. The summed E-state index contributed by atoms with van der Waals surface area (Å²) in [6.45, 7) is 6.45. The van der Waals surface area contributed by atoms with Crippen LogP contribution < -0.4 is 10.6 Å². The lowest BCUT2D eigenvalue weighted by atomic mass is 10.0. The van der Waals surface area contributed by atoms with Crippen molar-refractivity contribution >= 4 is 44.4 Å². The van der Waals surface area contributed by atoms with Crippen LogP contribution in [0.3, 0.4) is 0 Å². The second-order valence-electron chi connectivity index (χ2n) is 10.0. The molecule has 0 atom stereocenters. The van der Waals surface area contributed by atoms with Gasteiger partial charge in [0.05, 0.1) is 13.2 Å². The molecule has 2 aliphatic rings. The quantitative estimate of drug-likeness (QED) is 0.400. The highest BCUT2D eigenvalue weighted by Crippen LogP contribution is 2.28. The molecule has 2 fully saturated rings. The van der Waals surface area contributed by atoms with Crippen LogP contribution in [-0.4, -0.2) is 102 Å². The second kappa shape index (κ2) is 12.6. The Kier molecular flexibility index (Phi) is 8.79. The first-order chi connectivity index (χ1) is 18.5. The summed E-state index contributed by atoms with van der Waals surface area (Å²) in [6, 6.07) is 8.36. The van der Waals surface area contributed by atoms with Crippen molar-refractivity contribution in [3.63, 3.8) is 0 Å². The van der Waals surface area contributed by atoms with Crippen molar-refractivity contribution in [1.82, 2.24) is 29.7 Å². The smallest absolute Gasteiger partial charge is 0.246 e. The molecular weight excluding hydrogens is 500 g/mol. The molecule has 38 heavy (non-hydrogen) atoms. The maximum absolute atomic E-state index is 12.5. The molecule has 0 unspecified atom stereocenters. The van der Waals surface area contributed by atoms with E-state index >= 15 is 0 Å². The van der Waals surface area contributed by atoms with E-state index in [0.29, 0.717) is 0 Å². The summed E-state index contributed by atoms with van der Waals surface area (Å²) in [5.74, 6) is 1.69. The van der Waals surface area contributed by atoms with Gasteiger partial charge < -0.3 is 25.2 Å². The summed E-state index contributed by atoms with van der Waals surface area (Å²) in [7, 11) is 3.99. The normalized spacial score (nSPS) is 17.5. The number of rotatable bonds is 9. The van der Waals surface area contributed by atoms with E-state index in [2.05, 4.69) is 37.6 Å². The number of ether oxygens (including phenoxy) is 1. The molecule has 0 aliphatic carbocycles. The third-order valence-electron chi connectivity index (χ3n) is 6.69. The molecule has 3 aromatic heterocycles. The Morgan fingerprint density at radius 3 is 2.71 bits per heavy atom. The van der Waals surface area contributed by atoms with E-state index in [-0.39, 0.29) is 11.9 Å². The number of hydrogen-bond acceptors (Lipinski definition) is 10. The van der Waals surface area contributed by atoms with Crippen LogP contribution >= 0.6 is 11.3 Å². The maximum Gasteiger partial charge on any atom is 0.246 e. The van der Waals surface area contributed by atoms with Gasteiger partial charge in [-0.15, -0.1) is 0 Å². The van der Waals surface area contributed by atoms with E-state index in [1.807, 2.05) is 42.1 Å². The summed E-state index contributed by atoms with van der Waals surface area (Å²) < 4.78 is 5.52. The van der Waals surface area contributed by atoms with E-state index in [1.54, 1.807) is 12.3 Å². The summed E-state index contributed by atoms with van der Waals surface area (Å²) in [4.78, 5) is 33.7. The van der Waals surface area contributed by atoms with E-state index in [0.717, 1.165) is 92.4 Å². The summed E-state index contributed by atoms with van der Waals surface area (Å²) >= 11 is 1.52. The fraction of sp³-hybridized carbons (Fsp3) is 0.481. The highest BCUT2D eigenvalue weighted by molar-refractivity contribution is 7.21. The maximum atomic E-state index is 12.5. The molecule has 0 spiro atoms. The summed E-state index contributed by atoms with van der Waals surface area (Å²) in [6.07, 6.45) is 7.17. The molecule has 2 N–H and O–H groups in total. The second-order valence-corrected chi connectivity index (χ2v) is 11.0. The number of fused-ring (bicyclic) bond motifs is 1. The van der Waals surface area contributed by atoms with Gasteiger partial charge in [-0.05, 0) is 56.8 Å². The number of likely N-dealkylation sites (N-methyl/N-ethyl adjacent to an activating group) is 1. The predicted octanol–water partition coefficient (Wildman–Crippen LogP) is 3.18. The Morgan fingerprint density at radius 2 is 1.95 bits per heavy atom. The number of amides is 1. The molecule has 5 heterocycles. The van der Waals surface area contributed by atoms with E-state index in [4.69, 9.17) is 9.72 Å². The van der Waals surface area contributed by atoms with E-state index in [1.165, 1.54) is 16.9 Å². The molecule has 2 aliphatic heterocycles. The minimum Gasteiger partial charge on any atom is -0.379 e. The topological polar surface area (TPSA) is 98.8 Å². The molecule has 0 saturated carbocycles. The van der Waals surface area contributed by atoms with Crippen LogP contribution in [0.4, 0.5) is 16.8 Å². The van der Waals surface area contributed by atoms with Gasteiger partial charge in [-0.3, -0.25) is 9.69 Å². The number of carbonyl (C=O) groups is 1. The van der Waals surface area contributed by atoms with Gasteiger partial charge in [0.1, 0.15) is 22.0 Å². The van der Waals surface area contributed by atoms with Crippen LogP contribution in [0.1, 0.15) is 18.4 Å². The average Bonchev–Trinajstić information content (AvgIpc) is 3.31. The SMILES string of the molecule is CN(C)C/C=C/C(=O)N1CCC(Nc2cc(CN3CCOCC3)cc(Nc3nc4cccnc4s3)n2)CC1. The van der Waals surface area contributed by atoms with Crippen LogP contribution in [0.5, 0.6) is 0 Å². The van der Waals surface area contributed by atoms with Crippen molar-refractivity contribution in [2.75, 3.05) is 70.7 Å². The number of thiazole rings is 1. The minimum atomic E-state index is 0.0905. The largest absolute Gasteiger partial charge is 0.379 e. The Labute approximate surface area is 227 Å². The van der Waals surface area contributed by atoms with Gasteiger partial charge in [-0.25, -0.2) is 15.0 Å². The highest BCUT2D eigenvalue weighted by Gasteiger charge is 2.22. The summed E-state index contributed by atoms with van der Waals surface area (Å²) in [5.41, 5.74) is 2.06. The van der Waals surface area contributed by atoms with Crippen LogP contribution in [0, 0.1) is 0 Å². The molecule has 2 saturated heterocycles. The van der Waals surface area contributed by atoms with E-state index < -0.39 is 0 Å². The Balaban J connectivity index is 1.26. The van der Waals surface area contributed by atoms with Gasteiger partial charge >= 0.3 is 0 Å². The predicted molar refractivity (Wildman–Crippen MR) is 152 cm³/mol. The lowest BCUT2D eigenvalue weighted by Crippen LogP contribution is -2.42. The lowest BCUT2D eigenvalue weighted by molar-refractivity contribution is -0.126. The fourth-order valence-corrected chi connectivity index (χ4v) is 5.50. The van der Waals surface area contributed by atoms with Gasteiger partial charge in [-0.2, -0.15) is 0 Å². The Morgan fingerprint density at radius 1 is 1.16 bits per heavy atom. The van der Waals surface area contributed by atoms with Gasteiger partial charge in [0, 0.05) is 57.6 Å². The molecule has 10 nitrogen and oxygen atoms in total. The van der Waals surface area contributed by atoms with Crippen molar-refractivity contribution in [2.24, 2.45) is 0 Å². The number of anilines is 3. The van der Waals surface area contributed by atoms with Crippen LogP contribution in [0.15, 0.2) is 42.6 Å². The monoisotopic (exact) mass is 536 g/mol. The molecule has 0 bridgehead atoms. The molecule has 202 valence electrons. The van der Waals surface area contributed by atoms with Crippen molar-refractivity contribution in [1.29, 1.82) is 0 Å². The number of carbonyl (C=O) groups excluding carboxylic acids is 1. The zero-order valence-electron chi connectivity index (χ0n) is 22.1. The summed E-state index contributed by atoms with van der Waals surface area (Å²) in [5, 5.41) is 7.82. The van der Waals surface area contributed by atoms with Gasteiger partial charge in [0.25, 0.3) is 0 Å². The standard InChI is InChI=1S/C27H36N8O2S/c1-33(2)10-4-6-25(36)35-11-7-21(8-12-35)29-23-17-20(19-34-13-15-37-16-14-34)18-24(31-23)32-27-30-22-5-3-9-28-26(22)38-27/h3-6,9,17-18,21H,7-8,10-16,19H2,1-2H3,(H2,29,30,31,32)/b6-4+. The highest BCUT2D eigenvalue weighted by atomic mass is 32.1. The van der Waals surface area contributed by atoms with Crippen LogP contribution in [0.2, 0.25) is 0 Å². The van der Waals surface area contributed by atoms with Crippen LogP contribution in [-0.2, 0) is 16.1 Å². The number of hydrogen-bond donors (Lipinski definition) is 2. The number of pyridine rings is 2. The molecule has 11 heteroatoms. The van der Waals surface area contributed by atoms with Crippen molar-refractivity contribution in [3.8, 4) is 0 Å². The third kappa shape index (κ3) is 7.25. The number of morpholine rings is 1. The first kappa shape index (κ1) is 26.5. The van der Waals surface area contributed by atoms with Crippen molar-refractivity contribution in [3.05, 3.63) is 48.2 Å². The first-order valence-corrected chi connectivity index (χ1v) is 14.0. The molecule has 1 amide bonds. The zero-order chi connectivity index (χ0) is 26.3. The number of piperidine rings is 1. The van der Waals surface area contributed by atoms with Crippen LogP contribution in [0.25, 0.3) is 10.3 Å². The molecular formula is C27H36N8O2S. The first-order valence-electron chi connectivity index (χ1n) is 13.2. The Bertz CT molecular complexity index is 1220. The third-order valence-corrected chi connectivity index (χ3v) is 7.58. The molecule has 3 aromatic rings. The average molecular weight is 537 g/mol. The van der Waals surface area contributed by atoms with Crippen molar-refractivity contribution in [2.45, 2.75) is 25.4 Å². The molecule has 0 radical (unpaired) electrons. The van der Waals surface area contributed by atoms with Gasteiger partial charge in [0.15, 0.2) is 5.13 Å². The zero-order valence-corrected chi connectivity index (χ0v) is 22.9. The number of nitrogens with zero attached hydrogens (tertiary/aromatic N) is 6. The number of likely N-dealkylation sites (tertiary alicyclic amines) is 1. The molecule has 5 rings (SSSR count). The number of nitrogens with one attached hydrogen (secondary N) is 2. The van der Waals surface area contributed by atoms with Crippen molar-refractivity contribution < 1.29 is 9.53 Å². The fourth-order valence-electron chi connectivity index (χ4n) is 4.69. The van der Waals surface area contributed by atoms with Gasteiger partial charge in [-0.1, -0.05) is 17.4 Å². The lowest BCUT2D eigenvalue weighted by Gasteiger charge is -2.32. The van der Waals surface area contributed by atoms with Gasteiger partial charge in [0.2, 0.25) is 5.91 Å². The van der Waals surface area contributed by atoms with E-state index in [9.17, 15) is 4.79 Å². The minimum absolute atomic E-state index is 0.0905. The Hall–Kier alpha value is -3.12.